The molecule has 2 amide bonds. The zero-order valence-corrected chi connectivity index (χ0v) is 13.5. The van der Waals surface area contributed by atoms with E-state index in [0.29, 0.717) is 31.7 Å². The molecule has 2 rings (SSSR count). The van der Waals surface area contributed by atoms with E-state index in [2.05, 4.69) is 4.98 Å². The largest absolute Gasteiger partial charge is 0.339 e. The van der Waals surface area contributed by atoms with Crippen LogP contribution >= 0.6 is 23.2 Å². The molecule has 7 heteroatoms. The minimum Gasteiger partial charge on any atom is -0.339 e. The highest BCUT2D eigenvalue weighted by Gasteiger charge is 2.26. The van der Waals surface area contributed by atoms with Crippen molar-refractivity contribution in [2.75, 3.05) is 26.2 Å². The highest BCUT2D eigenvalue weighted by molar-refractivity contribution is 6.33. The Morgan fingerprint density at radius 3 is 2.00 bits per heavy atom. The first-order valence-electron chi connectivity index (χ1n) is 6.79. The number of rotatable bonds is 2. The highest BCUT2D eigenvalue weighted by atomic mass is 35.5. The first kappa shape index (κ1) is 16.0. The molecule has 1 fully saturated rings. The third-order valence-corrected chi connectivity index (χ3v) is 3.77. The fourth-order valence-corrected chi connectivity index (χ4v) is 2.73. The van der Waals surface area contributed by atoms with Gasteiger partial charge in [0.15, 0.2) is 0 Å². The molecule has 0 spiro atoms. The summed E-state index contributed by atoms with van der Waals surface area (Å²) in [6.07, 6.45) is 0. The zero-order chi connectivity index (χ0) is 15.6. The Labute approximate surface area is 133 Å². The van der Waals surface area contributed by atoms with Crippen LogP contribution in [0.4, 0.5) is 0 Å². The van der Waals surface area contributed by atoms with Crippen LogP contribution in [0.1, 0.15) is 24.2 Å². The number of halogens is 2. The zero-order valence-electron chi connectivity index (χ0n) is 12.0. The number of pyridine rings is 1. The molecule has 114 valence electrons. The van der Waals surface area contributed by atoms with Crippen molar-refractivity contribution < 1.29 is 9.59 Å². The highest BCUT2D eigenvalue weighted by Crippen LogP contribution is 2.17. The maximum absolute atomic E-state index is 12.4. The lowest BCUT2D eigenvalue weighted by Gasteiger charge is -2.35. The van der Waals surface area contributed by atoms with Crippen molar-refractivity contribution in [2.24, 2.45) is 5.92 Å². The predicted molar refractivity (Wildman–Crippen MR) is 81.6 cm³/mol. The number of nitrogens with zero attached hydrogens (tertiary/aromatic N) is 3. The van der Waals surface area contributed by atoms with Gasteiger partial charge in [0.1, 0.15) is 10.3 Å². The van der Waals surface area contributed by atoms with Crippen molar-refractivity contribution in [3.63, 3.8) is 0 Å². The molecule has 1 aliphatic heterocycles. The van der Waals surface area contributed by atoms with Gasteiger partial charge < -0.3 is 9.80 Å². The van der Waals surface area contributed by atoms with E-state index in [-0.39, 0.29) is 28.0 Å². The van der Waals surface area contributed by atoms with E-state index in [1.807, 2.05) is 13.8 Å². The van der Waals surface area contributed by atoms with Gasteiger partial charge in [-0.05, 0) is 12.1 Å². The molecular weight excluding hydrogens is 313 g/mol. The van der Waals surface area contributed by atoms with Crippen LogP contribution in [0.25, 0.3) is 0 Å². The molecule has 0 bridgehead atoms. The Bertz CT molecular complexity index is 535. The summed E-state index contributed by atoms with van der Waals surface area (Å²) >= 11 is 11.6. The van der Waals surface area contributed by atoms with Crippen molar-refractivity contribution in [3.8, 4) is 0 Å². The lowest BCUT2D eigenvalue weighted by molar-refractivity contribution is -0.135. The van der Waals surface area contributed by atoms with Crippen molar-refractivity contribution >= 4 is 35.0 Å². The minimum atomic E-state index is -0.141. The van der Waals surface area contributed by atoms with E-state index in [0.717, 1.165) is 0 Å². The van der Waals surface area contributed by atoms with Crippen LogP contribution in [0.15, 0.2) is 12.1 Å². The Hall–Kier alpha value is -1.33. The summed E-state index contributed by atoms with van der Waals surface area (Å²) in [5, 5.41) is 0.388. The van der Waals surface area contributed by atoms with Gasteiger partial charge in [0, 0.05) is 37.7 Å². The molecule has 5 nitrogen and oxygen atoms in total. The maximum Gasteiger partial charge on any atom is 0.254 e. The van der Waals surface area contributed by atoms with Crippen molar-refractivity contribution in [1.82, 2.24) is 14.8 Å². The van der Waals surface area contributed by atoms with E-state index >= 15 is 0 Å². The number of hydrogen-bond donors (Lipinski definition) is 0. The smallest absolute Gasteiger partial charge is 0.254 e. The summed E-state index contributed by atoms with van der Waals surface area (Å²) in [4.78, 5) is 31.6. The van der Waals surface area contributed by atoms with E-state index < -0.39 is 0 Å². The van der Waals surface area contributed by atoms with Gasteiger partial charge in [0.25, 0.3) is 5.91 Å². The van der Waals surface area contributed by atoms with E-state index in [1.165, 1.54) is 12.1 Å². The molecule has 1 saturated heterocycles. The standard InChI is InChI=1S/C14H17Cl2N3O2/c1-9(2)13(20)18-3-5-19(6-4-18)14(21)10-7-11(15)17-12(16)8-10/h7-9H,3-6H2,1-2H3. The van der Waals surface area contributed by atoms with Gasteiger partial charge in [-0.25, -0.2) is 4.98 Å². The Balaban J connectivity index is 2.02. The van der Waals surface area contributed by atoms with Crippen molar-refractivity contribution in [1.29, 1.82) is 0 Å². The molecular formula is C14H17Cl2N3O2. The average Bonchev–Trinajstić information content (AvgIpc) is 2.44. The minimum absolute atomic E-state index is 0.0231. The summed E-state index contributed by atoms with van der Waals surface area (Å²) in [5.41, 5.74) is 0.420. The number of carbonyl (C=O) groups excluding carboxylic acids is 2. The molecule has 0 atom stereocenters. The topological polar surface area (TPSA) is 53.5 Å². The Morgan fingerprint density at radius 2 is 1.52 bits per heavy atom. The predicted octanol–water partition coefficient (Wildman–Crippen LogP) is 2.33. The van der Waals surface area contributed by atoms with Gasteiger partial charge >= 0.3 is 0 Å². The molecule has 0 N–H and O–H groups in total. The second kappa shape index (κ2) is 6.62. The number of carbonyl (C=O) groups is 2. The lowest BCUT2D eigenvalue weighted by Crippen LogP contribution is -2.51. The van der Waals surface area contributed by atoms with E-state index in [4.69, 9.17) is 23.2 Å². The van der Waals surface area contributed by atoms with Crippen LogP contribution in [0.3, 0.4) is 0 Å². The van der Waals surface area contributed by atoms with Gasteiger partial charge in [-0.3, -0.25) is 9.59 Å². The molecule has 1 aromatic rings. The SMILES string of the molecule is CC(C)C(=O)N1CCN(C(=O)c2cc(Cl)nc(Cl)c2)CC1. The summed E-state index contributed by atoms with van der Waals surface area (Å²) < 4.78 is 0. The van der Waals surface area contributed by atoms with Crippen LogP contribution in [0.2, 0.25) is 10.3 Å². The lowest BCUT2D eigenvalue weighted by atomic mass is 10.1. The number of aromatic nitrogens is 1. The maximum atomic E-state index is 12.4. The average molecular weight is 330 g/mol. The first-order valence-corrected chi connectivity index (χ1v) is 7.55. The number of hydrogen-bond acceptors (Lipinski definition) is 3. The van der Waals surface area contributed by atoms with Gasteiger partial charge in [0.05, 0.1) is 0 Å². The summed E-state index contributed by atoms with van der Waals surface area (Å²) in [5.74, 6) is -0.0417. The normalized spacial score (nSPS) is 15.5. The Morgan fingerprint density at radius 1 is 1.05 bits per heavy atom. The molecule has 0 aliphatic carbocycles. The fraction of sp³-hybridized carbons (Fsp3) is 0.500. The quantitative estimate of drug-likeness (QED) is 0.782. The summed E-state index contributed by atoms with van der Waals surface area (Å²) in [6, 6.07) is 3.00. The molecule has 1 aliphatic rings. The Kier molecular flexibility index (Phi) is 5.06. The third kappa shape index (κ3) is 3.86. The molecule has 21 heavy (non-hydrogen) atoms. The van der Waals surface area contributed by atoms with Gasteiger partial charge in [-0.15, -0.1) is 0 Å². The van der Waals surface area contributed by atoms with Crippen molar-refractivity contribution in [2.45, 2.75) is 13.8 Å². The molecule has 0 unspecified atom stereocenters. The van der Waals surface area contributed by atoms with Gasteiger partial charge in [-0.2, -0.15) is 0 Å². The van der Waals surface area contributed by atoms with Gasteiger partial charge in [0.2, 0.25) is 5.91 Å². The monoisotopic (exact) mass is 329 g/mol. The van der Waals surface area contributed by atoms with E-state index in [1.54, 1.807) is 9.80 Å². The van der Waals surface area contributed by atoms with Crippen LogP contribution in [-0.2, 0) is 4.79 Å². The second-order valence-electron chi connectivity index (χ2n) is 5.27. The summed E-state index contributed by atoms with van der Waals surface area (Å²) in [6.45, 7) is 5.87. The van der Waals surface area contributed by atoms with Crippen LogP contribution in [0.5, 0.6) is 0 Å². The third-order valence-electron chi connectivity index (χ3n) is 3.38. The van der Waals surface area contributed by atoms with E-state index in [9.17, 15) is 9.59 Å². The number of amides is 2. The van der Waals surface area contributed by atoms with Crippen LogP contribution in [-0.4, -0.2) is 52.8 Å². The fourth-order valence-electron chi connectivity index (χ4n) is 2.27. The number of piperazine rings is 1. The first-order chi connectivity index (χ1) is 9.88. The van der Waals surface area contributed by atoms with Crippen molar-refractivity contribution in [3.05, 3.63) is 28.0 Å². The molecule has 2 heterocycles. The molecule has 1 aromatic heterocycles. The molecule has 0 aromatic carbocycles. The van der Waals surface area contributed by atoms with Crippen LogP contribution < -0.4 is 0 Å². The summed E-state index contributed by atoms with van der Waals surface area (Å²) in [7, 11) is 0. The van der Waals surface area contributed by atoms with Crippen LogP contribution in [0, 0.1) is 5.92 Å². The van der Waals surface area contributed by atoms with Gasteiger partial charge in [-0.1, -0.05) is 37.0 Å². The molecule has 0 saturated carbocycles. The second-order valence-corrected chi connectivity index (χ2v) is 6.05. The molecule has 0 radical (unpaired) electrons.